The molecule has 0 saturated carbocycles. The molecule has 0 amide bonds. The molecule has 0 atom stereocenters. The van der Waals surface area contributed by atoms with Crippen LogP contribution in [0, 0.1) is 0 Å². The Hall–Kier alpha value is -0.525. The van der Waals surface area contributed by atoms with Crippen LogP contribution in [0.5, 0.6) is 0 Å². The Labute approximate surface area is 110 Å². The van der Waals surface area contributed by atoms with Crippen molar-refractivity contribution in [2.45, 2.75) is 51.7 Å². The van der Waals surface area contributed by atoms with E-state index >= 15 is 0 Å². The second-order valence-corrected chi connectivity index (χ2v) is 6.41. The van der Waals surface area contributed by atoms with Crippen molar-refractivity contribution in [3.63, 3.8) is 0 Å². The normalized spacial score (nSPS) is 22.5. The standard InChI is InChI=1S/C11H16BF2NO2S/c1-9(2)10(3,4)17-12(16-9)7-6-18-8(15-7)11(5,13)14/h6H,1-5H3. The number of hydrogen-bond donors (Lipinski definition) is 0. The van der Waals surface area contributed by atoms with Crippen LogP contribution in [0.2, 0.25) is 0 Å². The van der Waals surface area contributed by atoms with Crippen LogP contribution in [0.1, 0.15) is 39.6 Å². The van der Waals surface area contributed by atoms with Crippen LogP contribution >= 0.6 is 11.3 Å². The van der Waals surface area contributed by atoms with E-state index < -0.39 is 24.2 Å². The summed E-state index contributed by atoms with van der Waals surface area (Å²) in [7, 11) is -0.678. The summed E-state index contributed by atoms with van der Waals surface area (Å²) in [6.45, 7) is 8.48. The second kappa shape index (κ2) is 3.98. The van der Waals surface area contributed by atoms with Crippen molar-refractivity contribution < 1.29 is 18.1 Å². The molecule has 1 aliphatic heterocycles. The Morgan fingerprint density at radius 2 is 1.72 bits per heavy atom. The minimum Gasteiger partial charge on any atom is -0.398 e. The number of aromatic nitrogens is 1. The first-order valence-electron chi connectivity index (χ1n) is 5.72. The molecule has 0 aromatic carbocycles. The van der Waals surface area contributed by atoms with Crippen LogP contribution in [-0.2, 0) is 15.2 Å². The minimum absolute atomic E-state index is 0.216. The van der Waals surface area contributed by atoms with E-state index in [2.05, 4.69) is 4.98 Å². The maximum absolute atomic E-state index is 13.1. The molecule has 1 saturated heterocycles. The predicted octanol–water partition coefficient (Wildman–Crippen LogP) is 2.55. The summed E-state index contributed by atoms with van der Waals surface area (Å²) < 4.78 is 37.8. The van der Waals surface area contributed by atoms with Crippen LogP contribution in [0.25, 0.3) is 0 Å². The molecule has 100 valence electrons. The van der Waals surface area contributed by atoms with Crippen molar-refractivity contribution in [2.75, 3.05) is 0 Å². The monoisotopic (exact) mass is 275 g/mol. The van der Waals surface area contributed by atoms with Gasteiger partial charge in [0.2, 0.25) is 0 Å². The summed E-state index contributed by atoms with van der Waals surface area (Å²) >= 11 is 0.923. The van der Waals surface area contributed by atoms with Gasteiger partial charge in [0.25, 0.3) is 5.92 Å². The molecule has 2 rings (SSSR count). The highest BCUT2D eigenvalue weighted by atomic mass is 32.1. The van der Waals surface area contributed by atoms with E-state index in [9.17, 15) is 8.78 Å². The minimum atomic E-state index is -2.92. The van der Waals surface area contributed by atoms with E-state index in [-0.39, 0.29) is 5.01 Å². The van der Waals surface area contributed by atoms with Gasteiger partial charge in [-0.3, -0.25) is 0 Å². The number of alkyl halides is 2. The first-order chi connectivity index (χ1) is 8.03. The lowest BCUT2D eigenvalue weighted by Gasteiger charge is -2.32. The topological polar surface area (TPSA) is 31.4 Å². The Bertz CT molecular complexity index is 440. The van der Waals surface area contributed by atoms with Gasteiger partial charge in [0, 0.05) is 12.3 Å². The van der Waals surface area contributed by atoms with E-state index in [1.54, 1.807) is 5.38 Å². The SMILES string of the molecule is CC(F)(F)c1nc(B2OC(C)(C)C(C)(C)O2)cs1. The van der Waals surface area contributed by atoms with Crippen molar-refractivity contribution in [2.24, 2.45) is 0 Å². The summed E-state index contributed by atoms with van der Waals surface area (Å²) in [5, 5.41) is 1.35. The predicted molar refractivity (Wildman–Crippen MR) is 67.4 cm³/mol. The van der Waals surface area contributed by atoms with Gasteiger partial charge in [0.05, 0.1) is 16.8 Å². The van der Waals surface area contributed by atoms with Gasteiger partial charge in [-0.15, -0.1) is 11.3 Å². The van der Waals surface area contributed by atoms with Crippen molar-refractivity contribution in [3.8, 4) is 0 Å². The molecular weight excluding hydrogens is 259 g/mol. The first-order valence-corrected chi connectivity index (χ1v) is 6.60. The fraction of sp³-hybridized carbons (Fsp3) is 0.727. The van der Waals surface area contributed by atoms with Crippen molar-refractivity contribution in [1.82, 2.24) is 4.98 Å². The number of nitrogens with zero attached hydrogens (tertiary/aromatic N) is 1. The number of halogens is 2. The van der Waals surface area contributed by atoms with E-state index in [1.807, 2.05) is 27.7 Å². The van der Waals surface area contributed by atoms with Gasteiger partial charge >= 0.3 is 7.12 Å². The highest BCUT2D eigenvalue weighted by molar-refractivity contribution is 7.10. The number of thiazole rings is 1. The molecule has 0 aliphatic carbocycles. The fourth-order valence-corrected chi connectivity index (χ4v) is 2.32. The lowest BCUT2D eigenvalue weighted by Crippen LogP contribution is -2.41. The molecule has 3 nitrogen and oxygen atoms in total. The maximum atomic E-state index is 13.1. The number of rotatable bonds is 2. The van der Waals surface area contributed by atoms with E-state index in [0.717, 1.165) is 18.3 Å². The fourth-order valence-electron chi connectivity index (χ4n) is 1.56. The van der Waals surface area contributed by atoms with Crippen molar-refractivity contribution in [1.29, 1.82) is 0 Å². The Morgan fingerprint density at radius 1 is 1.22 bits per heavy atom. The third-order valence-electron chi connectivity index (χ3n) is 3.39. The van der Waals surface area contributed by atoms with Gasteiger partial charge in [-0.05, 0) is 27.7 Å². The van der Waals surface area contributed by atoms with Crippen LogP contribution < -0.4 is 5.59 Å². The van der Waals surface area contributed by atoms with Gasteiger partial charge in [-0.1, -0.05) is 0 Å². The molecule has 1 aromatic rings. The van der Waals surface area contributed by atoms with E-state index in [4.69, 9.17) is 9.31 Å². The maximum Gasteiger partial charge on any atom is 0.515 e. The molecule has 0 radical (unpaired) electrons. The average molecular weight is 275 g/mol. The molecule has 0 N–H and O–H groups in total. The highest BCUT2D eigenvalue weighted by Gasteiger charge is 2.52. The molecule has 7 heteroatoms. The molecule has 0 bridgehead atoms. The van der Waals surface area contributed by atoms with Crippen molar-refractivity contribution in [3.05, 3.63) is 10.4 Å². The van der Waals surface area contributed by atoms with Gasteiger partial charge in [-0.25, -0.2) is 4.98 Å². The molecule has 1 fully saturated rings. The summed E-state index contributed by atoms with van der Waals surface area (Å²) in [4.78, 5) is 3.91. The van der Waals surface area contributed by atoms with Crippen molar-refractivity contribution >= 4 is 24.0 Å². The molecule has 1 aliphatic rings. The summed E-state index contributed by atoms with van der Waals surface area (Å²) in [5.41, 5.74) is -0.568. The highest BCUT2D eigenvalue weighted by Crippen LogP contribution is 2.37. The van der Waals surface area contributed by atoms with E-state index in [1.165, 1.54) is 0 Å². The molecule has 18 heavy (non-hydrogen) atoms. The van der Waals surface area contributed by atoms with Gasteiger partial charge in [-0.2, -0.15) is 8.78 Å². The zero-order valence-electron chi connectivity index (χ0n) is 11.1. The van der Waals surface area contributed by atoms with Crippen LogP contribution in [-0.4, -0.2) is 23.3 Å². The van der Waals surface area contributed by atoms with E-state index in [0.29, 0.717) is 5.59 Å². The Balaban J connectivity index is 2.23. The van der Waals surface area contributed by atoms with Gasteiger partial charge in [0.15, 0.2) is 5.01 Å². The molecule has 2 heterocycles. The largest absolute Gasteiger partial charge is 0.515 e. The summed E-state index contributed by atoms with van der Waals surface area (Å²) in [6.07, 6.45) is 0. The molecule has 0 unspecified atom stereocenters. The van der Waals surface area contributed by atoms with Gasteiger partial charge in [0.1, 0.15) is 0 Å². The van der Waals surface area contributed by atoms with Gasteiger partial charge < -0.3 is 9.31 Å². The lowest BCUT2D eigenvalue weighted by molar-refractivity contribution is 0.00578. The van der Waals surface area contributed by atoms with Crippen LogP contribution in [0.3, 0.4) is 0 Å². The van der Waals surface area contributed by atoms with Crippen LogP contribution in [0.15, 0.2) is 5.38 Å². The quantitative estimate of drug-likeness (QED) is 0.777. The smallest absolute Gasteiger partial charge is 0.398 e. The summed E-state index contributed by atoms with van der Waals surface area (Å²) in [6, 6.07) is 0. The zero-order chi connectivity index (χ0) is 13.8. The zero-order valence-corrected chi connectivity index (χ0v) is 11.9. The number of hydrogen-bond acceptors (Lipinski definition) is 4. The second-order valence-electron chi connectivity index (χ2n) is 5.55. The Kier molecular flexibility index (Phi) is 3.07. The average Bonchev–Trinajstić information content (AvgIpc) is 2.69. The Morgan fingerprint density at radius 3 is 2.11 bits per heavy atom. The third-order valence-corrected chi connectivity index (χ3v) is 4.42. The molecule has 1 aromatic heterocycles. The van der Waals surface area contributed by atoms with Crippen LogP contribution in [0.4, 0.5) is 8.78 Å². The lowest BCUT2D eigenvalue weighted by atomic mass is 9.86. The summed E-state index contributed by atoms with van der Waals surface area (Å²) in [5.74, 6) is -2.92. The molecule has 0 spiro atoms. The first kappa shape index (κ1) is 13.9. The third kappa shape index (κ3) is 2.31. The molecular formula is C11H16BF2NO2S.